The van der Waals surface area contributed by atoms with E-state index in [1.807, 2.05) is 26.8 Å². The average Bonchev–Trinajstić information content (AvgIpc) is 3.24. The van der Waals surface area contributed by atoms with E-state index in [0.717, 1.165) is 23.5 Å². The van der Waals surface area contributed by atoms with E-state index in [4.69, 9.17) is 9.88 Å². The van der Waals surface area contributed by atoms with Crippen LogP contribution in [0.1, 0.15) is 45.6 Å². The minimum atomic E-state index is -1.46. The summed E-state index contributed by atoms with van der Waals surface area (Å²) in [5.74, 6) is 0.680. The molecule has 1 aromatic rings. The van der Waals surface area contributed by atoms with Gasteiger partial charge in [0.05, 0.1) is 22.3 Å². The molecule has 2 N–H and O–H groups in total. The van der Waals surface area contributed by atoms with E-state index in [-0.39, 0.29) is 11.6 Å². The highest BCUT2D eigenvalue weighted by Gasteiger charge is 2.22. The van der Waals surface area contributed by atoms with Crippen molar-refractivity contribution < 1.29 is 13.3 Å². The van der Waals surface area contributed by atoms with Crippen LogP contribution in [0.3, 0.4) is 0 Å². The zero-order valence-electron chi connectivity index (χ0n) is 13.4. The predicted octanol–water partition coefficient (Wildman–Crippen LogP) is 3.81. The Kier molecular flexibility index (Phi) is 5.40. The van der Waals surface area contributed by atoms with Gasteiger partial charge < -0.3 is 4.74 Å². The van der Waals surface area contributed by atoms with Crippen LogP contribution in [0.2, 0.25) is 0 Å². The number of ether oxygens (including phenoxy) is 1. The Morgan fingerprint density at radius 1 is 1.50 bits per heavy atom. The van der Waals surface area contributed by atoms with Crippen molar-refractivity contribution in [3.8, 4) is 5.75 Å². The Balaban J connectivity index is 2.13. The van der Waals surface area contributed by atoms with Gasteiger partial charge >= 0.3 is 0 Å². The maximum atomic E-state index is 13.8. The van der Waals surface area contributed by atoms with Crippen LogP contribution in [0, 0.1) is 11.7 Å². The van der Waals surface area contributed by atoms with Gasteiger partial charge in [-0.2, -0.15) is 0 Å². The first kappa shape index (κ1) is 17.2. The normalized spacial score (nSPS) is 17.4. The van der Waals surface area contributed by atoms with Crippen LogP contribution in [-0.4, -0.2) is 15.6 Å². The lowest BCUT2D eigenvalue weighted by molar-refractivity contribution is 0.288. The molecule has 0 aliphatic heterocycles. The Bertz CT molecular complexity index is 594. The number of nitrogens with two attached hydrogens (primary N) is 1. The first-order valence-corrected chi connectivity index (χ1v) is 8.79. The molecule has 1 saturated carbocycles. The van der Waals surface area contributed by atoms with E-state index in [0.29, 0.717) is 6.61 Å². The molecule has 0 saturated heterocycles. The molecular formula is C17H24FNO2S. The lowest BCUT2D eigenvalue weighted by Crippen LogP contribution is -2.29. The monoisotopic (exact) mass is 325 g/mol. The van der Waals surface area contributed by atoms with Crippen molar-refractivity contribution in [2.24, 2.45) is 11.1 Å². The number of hydrogen-bond acceptors (Lipinski definition) is 2. The Hall–Kier alpha value is -1.20. The second-order valence-electron chi connectivity index (χ2n) is 6.45. The highest BCUT2D eigenvalue weighted by molar-refractivity contribution is 7.84. The van der Waals surface area contributed by atoms with Crippen molar-refractivity contribution in [3.63, 3.8) is 0 Å². The number of rotatable bonds is 7. The van der Waals surface area contributed by atoms with Crippen molar-refractivity contribution in [3.05, 3.63) is 35.7 Å². The van der Waals surface area contributed by atoms with Gasteiger partial charge in [-0.25, -0.2) is 8.60 Å². The van der Waals surface area contributed by atoms with Crippen LogP contribution >= 0.6 is 0 Å². The number of benzene rings is 1. The van der Waals surface area contributed by atoms with Gasteiger partial charge in [0.2, 0.25) is 0 Å². The van der Waals surface area contributed by atoms with Gasteiger partial charge in [-0.3, -0.25) is 5.14 Å². The van der Waals surface area contributed by atoms with E-state index in [2.05, 4.69) is 0 Å². The van der Waals surface area contributed by atoms with Crippen LogP contribution < -0.4 is 9.88 Å². The van der Waals surface area contributed by atoms with Crippen LogP contribution in [0.5, 0.6) is 5.75 Å². The molecule has 1 aromatic carbocycles. The molecular weight excluding hydrogens is 301 g/mol. The quantitative estimate of drug-likeness (QED) is 0.829. The molecule has 0 aromatic heterocycles. The third-order valence-electron chi connectivity index (χ3n) is 3.95. The molecule has 0 bridgehead atoms. The largest absolute Gasteiger partial charge is 0.490 e. The van der Waals surface area contributed by atoms with Gasteiger partial charge in [0, 0.05) is 0 Å². The number of allylic oxidation sites excluding steroid dienone is 1. The second-order valence-corrected chi connectivity index (χ2v) is 8.10. The molecule has 2 rings (SSSR count). The molecule has 0 heterocycles. The van der Waals surface area contributed by atoms with Gasteiger partial charge in [-0.05, 0) is 56.4 Å². The Labute approximate surface area is 134 Å². The second kappa shape index (κ2) is 6.92. The summed E-state index contributed by atoms with van der Waals surface area (Å²) in [6.45, 7) is 6.06. The highest BCUT2D eigenvalue weighted by Crippen LogP contribution is 2.33. The molecule has 0 amide bonds. The van der Waals surface area contributed by atoms with Gasteiger partial charge in [0.15, 0.2) is 11.6 Å². The fraction of sp³-hybridized carbons (Fsp3) is 0.529. The van der Waals surface area contributed by atoms with E-state index >= 15 is 0 Å². The van der Waals surface area contributed by atoms with Crippen LogP contribution in [0.25, 0.3) is 5.57 Å². The fourth-order valence-electron chi connectivity index (χ4n) is 2.26. The minimum absolute atomic E-state index is 0.276. The summed E-state index contributed by atoms with van der Waals surface area (Å²) >= 11 is 0. The standard InChI is InChI=1S/C17H24FNO2S/c1-12(11-17(2,3)22(19)20)14-6-7-15(18)16(10-14)21-9-8-13-4-5-13/h6-7,10-11,13H,4-5,8-9,19H2,1-3H3. The lowest BCUT2D eigenvalue weighted by Gasteiger charge is -2.18. The summed E-state index contributed by atoms with van der Waals surface area (Å²) in [5, 5.41) is 5.49. The predicted molar refractivity (Wildman–Crippen MR) is 89.3 cm³/mol. The molecule has 0 radical (unpaired) electrons. The molecule has 122 valence electrons. The molecule has 1 aliphatic carbocycles. The summed E-state index contributed by atoms with van der Waals surface area (Å²) < 4.78 is 30.3. The maximum absolute atomic E-state index is 13.8. The molecule has 3 nitrogen and oxygen atoms in total. The topological polar surface area (TPSA) is 52.3 Å². The fourth-order valence-corrected chi connectivity index (χ4v) is 2.56. The summed E-state index contributed by atoms with van der Waals surface area (Å²) in [6, 6.07) is 4.81. The van der Waals surface area contributed by atoms with Gasteiger partial charge in [0.25, 0.3) is 0 Å². The Morgan fingerprint density at radius 2 is 2.18 bits per heavy atom. The summed E-state index contributed by atoms with van der Waals surface area (Å²) in [5.41, 5.74) is 1.75. The minimum Gasteiger partial charge on any atom is -0.490 e. The van der Waals surface area contributed by atoms with Crippen LogP contribution in [-0.2, 0) is 11.0 Å². The van der Waals surface area contributed by atoms with Gasteiger partial charge in [-0.15, -0.1) is 0 Å². The molecule has 0 spiro atoms. The molecule has 22 heavy (non-hydrogen) atoms. The first-order valence-electron chi connectivity index (χ1n) is 7.58. The molecule has 5 heteroatoms. The van der Waals surface area contributed by atoms with Gasteiger partial charge in [-0.1, -0.05) is 25.0 Å². The molecule has 1 fully saturated rings. The van der Waals surface area contributed by atoms with E-state index in [1.54, 1.807) is 12.1 Å². The summed E-state index contributed by atoms with van der Waals surface area (Å²) in [4.78, 5) is 0. The third-order valence-corrected chi connectivity index (χ3v) is 5.10. The van der Waals surface area contributed by atoms with Gasteiger partial charge in [0.1, 0.15) is 0 Å². The van der Waals surface area contributed by atoms with Crippen LogP contribution in [0.4, 0.5) is 4.39 Å². The summed E-state index contributed by atoms with van der Waals surface area (Å²) in [6.07, 6.45) is 5.36. The van der Waals surface area contributed by atoms with Crippen molar-refractivity contribution in [2.75, 3.05) is 6.61 Å². The zero-order chi connectivity index (χ0) is 16.3. The zero-order valence-corrected chi connectivity index (χ0v) is 14.2. The third kappa shape index (κ3) is 4.65. The molecule has 1 atom stereocenters. The molecule has 1 unspecified atom stereocenters. The smallest absolute Gasteiger partial charge is 0.165 e. The SMILES string of the molecule is CC(=CC(C)(C)S(N)=O)c1ccc(F)c(OCCC2CC2)c1. The highest BCUT2D eigenvalue weighted by atomic mass is 32.2. The van der Waals surface area contributed by atoms with E-state index in [1.165, 1.54) is 18.9 Å². The van der Waals surface area contributed by atoms with Crippen molar-refractivity contribution >= 4 is 16.6 Å². The van der Waals surface area contributed by atoms with E-state index < -0.39 is 15.7 Å². The average molecular weight is 325 g/mol. The van der Waals surface area contributed by atoms with Crippen molar-refractivity contribution in [2.45, 2.75) is 44.8 Å². The maximum Gasteiger partial charge on any atom is 0.165 e. The number of halogens is 1. The number of hydrogen-bond donors (Lipinski definition) is 1. The van der Waals surface area contributed by atoms with E-state index in [9.17, 15) is 8.60 Å². The van der Waals surface area contributed by atoms with Crippen molar-refractivity contribution in [1.29, 1.82) is 0 Å². The van der Waals surface area contributed by atoms with Crippen molar-refractivity contribution in [1.82, 2.24) is 0 Å². The first-order chi connectivity index (χ1) is 10.3. The Morgan fingerprint density at radius 3 is 2.77 bits per heavy atom. The molecule has 1 aliphatic rings. The summed E-state index contributed by atoms with van der Waals surface area (Å²) in [7, 11) is -1.46. The lowest BCUT2D eigenvalue weighted by atomic mass is 10.0. The van der Waals surface area contributed by atoms with Crippen LogP contribution in [0.15, 0.2) is 24.3 Å².